The van der Waals surface area contributed by atoms with Crippen LogP contribution < -0.4 is 10.6 Å². The van der Waals surface area contributed by atoms with E-state index in [1.54, 1.807) is 25.1 Å². The molecule has 160 valence electrons. The minimum Gasteiger partial charge on any atom is -0.465 e. The molecule has 3 rings (SSSR count). The van der Waals surface area contributed by atoms with E-state index in [0.29, 0.717) is 35.2 Å². The van der Waals surface area contributed by atoms with Crippen molar-refractivity contribution in [1.29, 1.82) is 0 Å². The maximum Gasteiger partial charge on any atom is 0.407 e. The molecular formula is C18H20Cl2N6O4. The number of carbonyl (C=O) groups is 1. The van der Waals surface area contributed by atoms with Gasteiger partial charge in [-0.15, -0.1) is 0 Å². The molecule has 2 aromatic rings. The van der Waals surface area contributed by atoms with Crippen LogP contribution in [0.3, 0.4) is 0 Å². The fourth-order valence-electron chi connectivity index (χ4n) is 3.24. The monoisotopic (exact) mass is 454 g/mol. The van der Waals surface area contributed by atoms with Crippen molar-refractivity contribution < 1.29 is 14.8 Å². The van der Waals surface area contributed by atoms with Crippen molar-refractivity contribution in [3.63, 3.8) is 0 Å². The summed E-state index contributed by atoms with van der Waals surface area (Å²) in [6.07, 6.45) is 0.911. The van der Waals surface area contributed by atoms with Crippen molar-refractivity contribution in [2.75, 3.05) is 30.3 Å². The summed E-state index contributed by atoms with van der Waals surface area (Å²) >= 11 is 12.3. The maximum absolute atomic E-state index is 11.4. The average Bonchev–Trinajstić information content (AvgIpc) is 3.17. The fourth-order valence-corrected chi connectivity index (χ4v) is 3.70. The number of nitrogens with zero attached hydrogens (tertiary/aromatic N) is 4. The van der Waals surface area contributed by atoms with E-state index in [1.165, 1.54) is 4.90 Å². The molecule has 0 aliphatic carbocycles. The van der Waals surface area contributed by atoms with E-state index in [-0.39, 0.29) is 23.4 Å². The van der Waals surface area contributed by atoms with Crippen molar-refractivity contribution in [1.82, 2.24) is 14.9 Å². The molecule has 0 spiro atoms. The molecule has 1 aromatic heterocycles. The Bertz CT molecular complexity index is 960. The van der Waals surface area contributed by atoms with E-state index < -0.39 is 17.1 Å². The Morgan fingerprint density at radius 3 is 2.90 bits per heavy atom. The lowest BCUT2D eigenvalue weighted by Crippen LogP contribution is -2.28. The van der Waals surface area contributed by atoms with Crippen molar-refractivity contribution in [2.45, 2.75) is 19.4 Å². The molecule has 0 radical (unpaired) electrons. The van der Waals surface area contributed by atoms with Crippen LogP contribution in [-0.4, -0.2) is 50.6 Å². The third-order valence-corrected chi connectivity index (χ3v) is 5.43. The number of carboxylic acid groups (broad SMARTS) is 1. The van der Waals surface area contributed by atoms with Crippen LogP contribution in [0.4, 0.5) is 22.2 Å². The molecule has 2 heterocycles. The SMILES string of the molecule is C[C@@H](Nc1nc(NCC2CCN(C(=O)O)C2)ncc1[N+](=O)[O-])c1cc(Cl)ccc1Cl. The molecule has 0 saturated carbocycles. The fraction of sp³-hybridized carbons (Fsp3) is 0.389. The second-order valence-corrected chi connectivity index (χ2v) is 7.82. The average molecular weight is 455 g/mol. The highest BCUT2D eigenvalue weighted by atomic mass is 35.5. The first kappa shape index (κ1) is 21.8. The number of rotatable bonds is 7. The number of nitro groups is 1. The number of likely N-dealkylation sites (tertiary alicyclic amines) is 1. The van der Waals surface area contributed by atoms with Crippen molar-refractivity contribution in [2.24, 2.45) is 5.92 Å². The molecule has 1 aromatic carbocycles. The van der Waals surface area contributed by atoms with Crippen LogP contribution in [0.1, 0.15) is 24.9 Å². The van der Waals surface area contributed by atoms with Gasteiger partial charge in [-0.1, -0.05) is 23.2 Å². The molecule has 1 fully saturated rings. The first-order valence-corrected chi connectivity index (χ1v) is 9.95. The lowest BCUT2D eigenvalue weighted by atomic mass is 10.1. The minimum absolute atomic E-state index is 0.0413. The summed E-state index contributed by atoms with van der Waals surface area (Å²) < 4.78 is 0. The molecule has 3 N–H and O–H groups in total. The Hall–Kier alpha value is -2.85. The van der Waals surface area contributed by atoms with Gasteiger partial charge in [-0.3, -0.25) is 10.1 Å². The number of anilines is 2. The summed E-state index contributed by atoms with van der Waals surface area (Å²) in [6.45, 7) is 3.14. The van der Waals surface area contributed by atoms with E-state index in [1.807, 2.05) is 0 Å². The van der Waals surface area contributed by atoms with E-state index >= 15 is 0 Å². The smallest absolute Gasteiger partial charge is 0.407 e. The van der Waals surface area contributed by atoms with Gasteiger partial charge in [-0.2, -0.15) is 4.98 Å². The predicted molar refractivity (Wildman–Crippen MR) is 113 cm³/mol. The highest BCUT2D eigenvalue weighted by Crippen LogP contribution is 2.31. The van der Waals surface area contributed by atoms with Gasteiger partial charge in [0.1, 0.15) is 6.20 Å². The first-order valence-electron chi connectivity index (χ1n) is 9.19. The molecule has 10 nitrogen and oxygen atoms in total. The van der Waals surface area contributed by atoms with E-state index in [9.17, 15) is 14.9 Å². The summed E-state index contributed by atoms with van der Waals surface area (Å²) in [7, 11) is 0. The molecule has 1 aliphatic rings. The van der Waals surface area contributed by atoms with Gasteiger partial charge in [0.25, 0.3) is 0 Å². The predicted octanol–water partition coefficient (Wildman–Crippen LogP) is 4.28. The quantitative estimate of drug-likeness (QED) is 0.416. The van der Waals surface area contributed by atoms with Gasteiger partial charge >= 0.3 is 11.8 Å². The molecular weight excluding hydrogens is 435 g/mol. The Balaban J connectivity index is 1.74. The number of hydrogen-bond acceptors (Lipinski definition) is 7. The van der Waals surface area contributed by atoms with Gasteiger partial charge in [-0.05, 0) is 43.0 Å². The van der Waals surface area contributed by atoms with Crippen molar-refractivity contribution in [3.05, 3.63) is 50.1 Å². The van der Waals surface area contributed by atoms with Gasteiger partial charge in [0.15, 0.2) is 0 Å². The molecule has 12 heteroatoms. The second kappa shape index (κ2) is 9.31. The highest BCUT2D eigenvalue weighted by molar-refractivity contribution is 6.33. The molecule has 1 amide bonds. The number of nitrogens with one attached hydrogen (secondary N) is 2. The molecule has 30 heavy (non-hydrogen) atoms. The third kappa shape index (κ3) is 5.19. The number of hydrogen-bond donors (Lipinski definition) is 3. The van der Waals surface area contributed by atoms with E-state index in [0.717, 1.165) is 12.6 Å². The minimum atomic E-state index is -0.941. The van der Waals surface area contributed by atoms with Gasteiger partial charge < -0.3 is 20.6 Å². The lowest BCUT2D eigenvalue weighted by molar-refractivity contribution is -0.384. The summed E-state index contributed by atoms with van der Waals surface area (Å²) in [6, 6.07) is 4.59. The Morgan fingerprint density at radius 1 is 1.47 bits per heavy atom. The Morgan fingerprint density at radius 2 is 2.23 bits per heavy atom. The normalized spacial score (nSPS) is 16.9. The number of amides is 1. The second-order valence-electron chi connectivity index (χ2n) is 6.98. The van der Waals surface area contributed by atoms with Crippen LogP contribution in [0, 0.1) is 16.0 Å². The largest absolute Gasteiger partial charge is 0.465 e. The lowest BCUT2D eigenvalue weighted by Gasteiger charge is -2.17. The molecule has 1 saturated heterocycles. The van der Waals surface area contributed by atoms with Crippen LogP contribution in [0.5, 0.6) is 0 Å². The zero-order chi connectivity index (χ0) is 21.8. The van der Waals surface area contributed by atoms with Crippen LogP contribution >= 0.6 is 23.2 Å². The topological polar surface area (TPSA) is 134 Å². The summed E-state index contributed by atoms with van der Waals surface area (Å²) in [5, 5.41) is 27.4. The summed E-state index contributed by atoms with van der Waals surface area (Å²) in [5.74, 6) is 0.362. The molecule has 1 unspecified atom stereocenters. The van der Waals surface area contributed by atoms with Crippen LogP contribution in [0.15, 0.2) is 24.4 Å². The highest BCUT2D eigenvalue weighted by Gasteiger charge is 2.26. The third-order valence-electron chi connectivity index (χ3n) is 4.85. The Labute approximate surface area is 182 Å². The zero-order valence-electron chi connectivity index (χ0n) is 16.0. The number of aromatic nitrogens is 2. The summed E-state index contributed by atoms with van der Waals surface area (Å²) in [4.78, 5) is 31.5. The Kier molecular flexibility index (Phi) is 6.78. The van der Waals surface area contributed by atoms with Gasteiger partial charge in [-0.25, -0.2) is 9.78 Å². The van der Waals surface area contributed by atoms with Gasteiger partial charge in [0, 0.05) is 29.7 Å². The first-order chi connectivity index (χ1) is 14.2. The van der Waals surface area contributed by atoms with Crippen molar-refractivity contribution >= 4 is 46.7 Å². The zero-order valence-corrected chi connectivity index (χ0v) is 17.5. The van der Waals surface area contributed by atoms with E-state index in [2.05, 4.69) is 20.6 Å². The molecule has 2 atom stereocenters. The van der Waals surface area contributed by atoms with Gasteiger partial charge in [0.05, 0.1) is 11.0 Å². The maximum atomic E-state index is 11.4. The van der Waals surface area contributed by atoms with Crippen LogP contribution in [0.2, 0.25) is 10.0 Å². The van der Waals surface area contributed by atoms with Crippen LogP contribution in [0.25, 0.3) is 0 Å². The van der Waals surface area contributed by atoms with E-state index in [4.69, 9.17) is 28.3 Å². The molecule has 0 bridgehead atoms. The number of halogens is 2. The number of benzene rings is 1. The van der Waals surface area contributed by atoms with Crippen LogP contribution in [-0.2, 0) is 0 Å². The summed E-state index contributed by atoms with van der Waals surface area (Å²) in [5.41, 5.74) is 0.398. The van der Waals surface area contributed by atoms with Crippen molar-refractivity contribution in [3.8, 4) is 0 Å². The standard InChI is InChI=1S/C18H20Cl2N6O4/c1-10(13-6-12(19)2-3-14(13)20)23-16-15(26(29)30)8-22-17(24-16)21-7-11-4-5-25(9-11)18(27)28/h2-3,6,8,10-11H,4-5,7,9H2,1H3,(H,27,28)(H2,21,22,23,24)/t10-,11?/m1/s1. The van der Waals surface area contributed by atoms with Gasteiger partial charge in [0.2, 0.25) is 11.8 Å². The molecule has 1 aliphatic heterocycles.